The summed E-state index contributed by atoms with van der Waals surface area (Å²) in [5.74, 6) is -1.18. The first-order valence-electron chi connectivity index (χ1n) is 6.65. The first-order valence-corrected chi connectivity index (χ1v) is 6.65. The van der Waals surface area contributed by atoms with E-state index in [0.29, 0.717) is 5.56 Å². The van der Waals surface area contributed by atoms with Crippen LogP contribution < -0.4 is 4.74 Å². The molecule has 0 radical (unpaired) electrons. The number of benzene rings is 2. The lowest BCUT2D eigenvalue weighted by Crippen LogP contribution is -2.08. The Balaban J connectivity index is 2.10. The van der Waals surface area contributed by atoms with Crippen LogP contribution in [0.2, 0.25) is 0 Å². The molecule has 0 spiro atoms. The van der Waals surface area contributed by atoms with Crippen LogP contribution in [0.4, 0.5) is 4.39 Å². The second-order valence-electron chi connectivity index (χ2n) is 4.59. The standard InChI is InChI=1S/C17H14FNO2/c1-2-3-12-4-6-13(7-5-12)17(20)21-15-9-8-14(11-19)16(18)10-15/h4-10H,2-3H2,1H3. The Hall–Kier alpha value is -2.67. The van der Waals surface area contributed by atoms with Gasteiger partial charge in [-0.1, -0.05) is 25.5 Å². The monoisotopic (exact) mass is 283 g/mol. The minimum atomic E-state index is -0.707. The predicted octanol–water partition coefficient (Wildman–Crippen LogP) is 3.87. The smallest absolute Gasteiger partial charge is 0.343 e. The van der Waals surface area contributed by atoms with Crippen LogP contribution in [0.5, 0.6) is 5.75 Å². The van der Waals surface area contributed by atoms with Crippen LogP contribution in [0.1, 0.15) is 34.8 Å². The summed E-state index contributed by atoms with van der Waals surface area (Å²) in [6.07, 6.45) is 1.99. The quantitative estimate of drug-likeness (QED) is 0.632. The van der Waals surface area contributed by atoms with Gasteiger partial charge in [0.25, 0.3) is 0 Å². The molecule has 2 rings (SSSR count). The van der Waals surface area contributed by atoms with E-state index < -0.39 is 11.8 Å². The maximum Gasteiger partial charge on any atom is 0.343 e. The normalized spacial score (nSPS) is 9.95. The van der Waals surface area contributed by atoms with Crippen molar-refractivity contribution in [1.29, 1.82) is 5.26 Å². The molecule has 0 amide bonds. The number of hydrogen-bond donors (Lipinski definition) is 0. The molecule has 0 unspecified atom stereocenters. The van der Waals surface area contributed by atoms with E-state index in [9.17, 15) is 9.18 Å². The molecule has 0 aromatic heterocycles. The summed E-state index contributed by atoms with van der Waals surface area (Å²) in [4.78, 5) is 11.9. The largest absolute Gasteiger partial charge is 0.423 e. The van der Waals surface area contributed by atoms with Crippen LogP contribution in [0.25, 0.3) is 0 Å². The Kier molecular flexibility index (Phi) is 4.68. The number of rotatable bonds is 4. The van der Waals surface area contributed by atoms with Gasteiger partial charge in [0, 0.05) is 6.07 Å². The summed E-state index contributed by atoms with van der Waals surface area (Å²) in [6, 6.07) is 12.5. The van der Waals surface area contributed by atoms with Crippen molar-refractivity contribution in [3.63, 3.8) is 0 Å². The van der Waals surface area contributed by atoms with Gasteiger partial charge in [0.1, 0.15) is 17.6 Å². The summed E-state index contributed by atoms with van der Waals surface area (Å²) in [6.45, 7) is 2.08. The first kappa shape index (κ1) is 14.7. The second-order valence-corrected chi connectivity index (χ2v) is 4.59. The van der Waals surface area contributed by atoms with Crippen molar-refractivity contribution in [2.75, 3.05) is 0 Å². The van der Waals surface area contributed by atoms with Crippen LogP contribution in [-0.2, 0) is 6.42 Å². The third kappa shape index (κ3) is 3.67. The molecule has 2 aromatic carbocycles. The molecule has 106 valence electrons. The van der Waals surface area contributed by atoms with Crippen molar-refractivity contribution in [2.24, 2.45) is 0 Å². The number of esters is 1. The molecule has 0 saturated carbocycles. The molecule has 0 saturated heterocycles. The molecular weight excluding hydrogens is 269 g/mol. The number of aryl methyl sites for hydroxylation is 1. The molecular formula is C17H14FNO2. The molecule has 0 bridgehead atoms. The van der Waals surface area contributed by atoms with E-state index in [1.54, 1.807) is 18.2 Å². The average molecular weight is 283 g/mol. The molecule has 4 heteroatoms. The lowest BCUT2D eigenvalue weighted by molar-refractivity contribution is 0.0734. The third-order valence-corrected chi connectivity index (χ3v) is 3.00. The summed E-state index contributed by atoms with van der Waals surface area (Å²) in [5.41, 5.74) is 1.47. The molecule has 0 fully saturated rings. The van der Waals surface area contributed by atoms with Crippen LogP contribution in [0.15, 0.2) is 42.5 Å². The second kappa shape index (κ2) is 6.67. The van der Waals surface area contributed by atoms with E-state index in [-0.39, 0.29) is 11.3 Å². The Morgan fingerprint density at radius 2 is 1.95 bits per heavy atom. The minimum Gasteiger partial charge on any atom is -0.423 e. The summed E-state index contributed by atoms with van der Waals surface area (Å²) in [7, 11) is 0. The van der Waals surface area contributed by atoms with Gasteiger partial charge in [-0.05, 0) is 36.2 Å². The van der Waals surface area contributed by atoms with E-state index >= 15 is 0 Å². The van der Waals surface area contributed by atoms with Gasteiger partial charge in [-0.15, -0.1) is 0 Å². The van der Waals surface area contributed by atoms with Gasteiger partial charge < -0.3 is 4.74 Å². The molecule has 3 nitrogen and oxygen atoms in total. The highest BCUT2D eigenvalue weighted by Gasteiger charge is 2.10. The van der Waals surface area contributed by atoms with Crippen molar-refractivity contribution in [2.45, 2.75) is 19.8 Å². The summed E-state index contributed by atoms with van der Waals surface area (Å²) < 4.78 is 18.5. The zero-order chi connectivity index (χ0) is 15.2. The average Bonchev–Trinajstić information content (AvgIpc) is 2.48. The Labute approximate surface area is 122 Å². The molecule has 0 atom stereocenters. The zero-order valence-electron chi connectivity index (χ0n) is 11.6. The number of ether oxygens (including phenoxy) is 1. The topological polar surface area (TPSA) is 50.1 Å². The number of nitrogens with zero attached hydrogens (tertiary/aromatic N) is 1. The molecule has 0 N–H and O–H groups in total. The number of halogens is 1. The van der Waals surface area contributed by atoms with Crippen molar-refractivity contribution in [3.05, 3.63) is 65.0 Å². The van der Waals surface area contributed by atoms with Gasteiger partial charge in [-0.2, -0.15) is 5.26 Å². The van der Waals surface area contributed by atoms with Crippen LogP contribution in [-0.4, -0.2) is 5.97 Å². The van der Waals surface area contributed by atoms with Crippen LogP contribution in [0.3, 0.4) is 0 Å². The molecule has 0 heterocycles. The number of nitriles is 1. The van der Waals surface area contributed by atoms with Gasteiger partial charge >= 0.3 is 5.97 Å². The molecule has 0 aliphatic heterocycles. The van der Waals surface area contributed by atoms with Crippen molar-refractivity contribution in [3.8, 4) is 11.8 Å². The van der Waals surface area contributed by atoms with Gasteiger partial charge in [0.05, 0.1) is 11.1 Å². The van der Waals surface area contributed by atoms with E-state index in [1.807, 2.05) is 12.1 Å². The van der Waals surface area contributed by atoms with E-state index in [4.69, 9.17) is 10.00 Å². The first-order chi connectivity index (χ1) is 10.1. The van der Waals surface area contributed by atoms with Gasteiger partial charge in [0.15, 0.2) is 0 Å². The Bertz CT molecular complexity index is 687. The number of carbonyl (C=O) groups excluding carboxylic acids is 1. The highest BCUT2D eigenvalue weighted by molar-refractivity contribution is 5.91. The maximum atomic E-state index is 13.4. The Morgan fingerprint density at radius 1 is 1.24 bits per heavy atom. The fourth-order valence-electron chi connectivity index (χ4n) is 1.91. The summed E-state index contributed by atoms with van der Waals surface area (Å²) >= 11 is 0. The predicted molar refractivity (Wildman–Crippen MR) is 76.5 cm³/mol. The van der Waals surface area contributed by atoms with Crippen molar-refractivity contribution < 1.29 is 13.9 Å². The van der Waals surface area contributed by atoms with E-state index in [0.717, 1.165) is 24.5 Å². The van der Waals surface area contributed by atoms with Crippen LogP contribution >= 0.6 is 0 Å². The van der Waals surface area contributed by atoms with E-state index in [2.05, 4.69) is 6.92 Å². The molecule has 2 aromatic rings. The summed E-state index contributed by atoms with van der Waals surface area (Å²) in [5, 5.41) is 8.64. The maximum absolute atomic E-state index is 13.4. The van der Waals surface area contributed by atoms with Crippen molar-refractivity contribution >= 4 is 5.97 Å². The third-order valence-electron chi connectivity index (χ3n) is 3.00. The highest BCUT2D eigenvalue weighted by atomic mass is 19.1. The SMILES string of the molecule is CCCc1ccc(C(=O)Oc2ccc(C#N)c(F)c2)cc1. The molecule has 21 heavy (non-hydrogen) atoms. The van der Waals surface area contributed by atoms with Gasteiger partial charge in [0.2, 0.25) is 0 Å². The molecule has 0 aliphatic carbocycles. The Morgan fingerprint density at radius 3 is 2.52 bits per heavy atom. The van der Waals surface area contributed by atoms with E-state index in [1.165, 1.54) is 12.1 Å². The van der Waals surface area contributed by atoms with Gasteiger partial charge in [-0.25, -0.2) is 9.18 Å². The zero-order valence-corrected chi connectivity index (χ0v) is 11.6. The molecule has 0 aliphatic rings. The fraction of sp³-hybridized carbons (Fsp3) is 0.176. The van der Waals surface area contributed by atoms with Crippen LogP contribution in [0, 0.1) is 17.1 Å². The van der Waals surface area contributed by atoms with Crippen molar-refractivity contribution in [1.82, 2.24) is 0 Å². The lowest BCUT2D eigenvalue weighted by Gasteiger charge is -2.06. The number of hydrogen-bond acceptors (Lipinski definition) is 3. The number of carbonyl (C=O) groups is 1. The highest BCUT2D eigenvalue weighted by Crippen LogP contribution is 2.18. The fourth-order valence-corrected chi connectivity index (χ4v) is 1.91. The van der Waals surface area contributed by atoms with Gasteiger partial charge in [-0.3, -0.25) is 0 Å². The minimum absolute atomic E-state index is 0.0779. The lowest BCUT2D eigenvalue weighted by atomic mass is 10.1.